The van der Waals surface area contributed by atoms with Gasteiger partial charge in [-0.3, -0.25) is 4.79 Å². The van der Waals surface area contributed by atoms with Crippen molar-refractivity contribution in [1.29, 1.82) is 0 Å². The Morgan fingerprint density at radius 1 is 1.21 bits per heavy atom. The normalized spacial score (nSPS) is 25.3. The Hall–Kier alpha value is -1.35. The standard InChI is InChI=1S/C16H24N2O/c1-16(2,3)18-11-7-10-13(14(17)15(18)19)12-8-5-4-6-9-12/h4-6,8-9,13-14H,7,10-11,17H2,1-3H3/t13-,14+/m1/s1. The molecule has 1 aromatic rings. The molecule has 2 N–H and O–H groups in total. The molecule has 1 heterocycles. The second-order valence-corrected chi connectivity index (χ2v) is 6.35. The quantitative estimate of drug-likeness (QED) is 0.843. The van der Waals surface area contributed by atoms with Gasteiger partial charge in [-0.25, -0.2) is 0 Å². The van der Waals surface area contributed by atoms with Gasteiger partial charge in [0.25, 0.3) is 0 Å². The lowest BCUT2D eigenvalue weighted by molar-refractivity contribution is -0.136. The van der Waals surface area contributed by atoms with Gasteiger partial charge >= 0.3 is 0 Å². The first-order valence-corrected chi connectivity index (χ1v) is 7.03. The molecule has 0 aromatic heterocycles. The second-order valence-electron chi connectivity index (χ2n) is 6.35. The van der Waals surface area contributed by atoms with Crippen molar-refractivity contribution >= 4 is 5.91 Å². The molecule has 0 saturated carbocycles. The summed E-state index contributed by atoms with van der Waals surface area (Å²) in [6.45, 7) is 7.01. The summed E-state index contributed by atoms with van der Waals surface area (Å²) in [6.07, 6.45) is 1.99. The van der Waals surface area contributed by atoms with Crippen molar-refractivity contribution in [2.75, 3.05) is 6.54 Å². The van der Waals surface area contributed by atoms with Crippen LogP contribution < -0.4 is 5.73 Å². The first kappa shape index (κ1) is 14.1. The Labute approximate surface area is 115 Å². The van der Waals surface area contributed by atoms with Gasteiger partial charge in [0.05, 0.1) is 6.04 Å². The van der Waals surface area contributed by atoms with E-state index >= 15 is 0 Å². The van der Waals surface area contributed by atoms with Gasteiger partial charge in [-0.15, -0.1) is 0 Å². The number of carbonyl (C=O) groups excluding carboxylic acids is 1. The smallest absolute Gasteiger partial charge is 0.240 e. The number of likely N-dealkylation sites (tertiary alicyclic amines) is 1. The predicted octanol–water partition coefficient (Wildman–Crippen LogP) is 2.52. The lowest BCUT2D eigenvalue weighted by Gasteiger charge is -2.36. The molecule has 0 radical (unpaired) electrons. The molecule has 2 atom stereocenters. The second kappa shape index (κ2) is 5.33. The van der Waals surface area contributed by atoms with Gasteiger partial charge in [0.1, 0.15) is 0 Å². The third kappa shape index (κ3) is 2.98. The van der Waals surface area contributed by atoms with E-state index in [1.165, 1.54) is 5.56 Å². The summed E-state index contributed by atoms with van der Waals surface area (Å²) in [5, 5.41) is 0. The van der Waals surface area contributed by atoms with Crippen LogP contribution in [0.15, 0.2) is 30.3 Å². The molecule has 1 aromatic carbocycles. The average molecular weight is 260 g/mol. The Morgan fingerprint density at radius 3 is 2.42 bits per heavy atom. The number of hydrogen-bond acceptors (Lipinski definition) is 2. The molecule has 0 bridgehead atoms. The number of carbonyl (C=O) groups is 1. The summed E-state index contributed by atoms with van der Waals surface area (Å²) in [5.74, 6) is 0.222. The van der Waals surface area contributed by atoms with E-state index in [2.05, 4.69) is 32.9 Å². The number of nitrogens with zero attached hydrogens (tertiary/aromatic N) is 1. The van der Waals surface area contributed by atoms with E-state index in [0.717, 1.165) is 19.4 Å². The van der Waals surface area contributed by atoms with E-state index in [1.807, 2.05) is 23.1 Å². The van der Waals surface area contributed by atoms with Gasteiger partial charge in [0, 0.05) is 18.0 Å². The van der Waals surface area contributed by atoms with E-state index in [4.69, 9.17) is 5.73 Å². The molecule has 1 fully saturated rings. The van der Waals surface area contributed by atoms with Gasteiger partial charge in [-0.05, 0) is 39.2 Å². The van der Waals surface area contributed by atoms with Gasteiger partial charge in [0.15, 0.2) is 0 Å². The summed E-state index contributed by atoms with van der Waals surface area (Å²) in [5.41, 5.74) is 7.28. The third-order valence-electron chi connectivity index (χ3n) is 3.92. The fourth-order valence-electron chi connectivity index (χ4n) is 2.85. The highest BCUT2D eigenvalue weighted by Crippen LogP contribution is 2.30. The minimum atomic E-state index is -0.427. The van der Waals surface area contributed by atoms with Crippen LogP contribution in [0.3, 0.4) is 0 Å². The largest absolute Gasteiger partial charge is 0.336 e. The van der Waals surface area contributed by atoms with E-state index in [9.17, 15) is 4.79 Å². The fourth-order valence-corrected chi connectivity index (χ4v) is 2.85. The molecule has 3 heteroatoms. The summed E-state index contributed by atoms with van der Waals surface area (Å²) in [4.78, 5) is 14.5. The van der Waals surface area contributed by atoms with Crippen molar-refractivity contribution in [2.45, 2.75) is 51.1 Å². The number of hydrogen-bond donors (Lipinski definition) is 1. The predicted molar refractivity (Wildman–Crippen MR) is 77.9 cm³/mol. The molecule has 0 aliphatic carbocycles. The lowest BCUT2D eigenvalue weighted by atomic mass is 9.88. The molecule has 1 saturated heterocycles. The monoisotopic (exact) mass is 260 g/mol. The van der Waals surface area contributed by atoms with E-state index in [1.54, 1.807) is 0 Å². The first-order chi connectivity index (χ1) is 8.91. The van der Waals surface area contributed by atoms with Gasteiger partial charge in [-0.1, -0.05) is 30.3 Å². The molecule has 0 spiro atoms. The minimum absolute atomic E-state index is 0.0823. The average Bonchev–Trinajstić information content (AvgIpc) is 2.51. The molecule has 2 rings (SSSR count). The summed E-state index contributed by atoms with van der Waals surface area (Å²) >= 11 is 0. The Morgan fingerprint density at radius 2 is 1.84 bits per heavy atom. The molecule has 19 heavy (non-hydrogen) atoms. The van der Waals surface area contributed by atoms with Crippen LogP contribution in [0.1, 0.15) is 45.1 Å². The van der Waals surface area contributed by atoms with Crippen molar-refractivity contribution < 1.29 is 4.79 Å². The highest BCUT2D eigenvalue weighted by molar-refractivity contribution is 5.83. The van der Waals surface area contributed by atoms with Crippen molar-refractivity contribution in [1.82, 2.24) is 4.90 Å². The molecule has 1 amide bonds. The summed E-state index contributed by atoms with van der Waals surface area (Å²) in [6, 6.07) is 9.74. The van der Waals surface area contributed by atoms with Crippen LogP contribution in [0.2, 0.25) is 0 Å². The van der Waals surface area contributed by atoms with Crippen LogP contribution in [-0.2, 0) is 4.79 Å². The van der Waals surface area contributed by atoms with E-state index < -0.39 is 6.04 Å². The van der Waals surface area contributed by atoms with Crippen molar-refractivity contribution in [2.24, 2.45) is 5.73 Å². The Kier molecular flexibility index (Phi) is 3.95. The zero-order valence-corrected chi connectivity index (χ0v) is 12.1. The molecule has 1 aliphatic heterocycles. The maximum Gasteiger partial charge on any atom is 0.240 e. The molecule has 104 valence electrons. The van der Waals surface area contributed by atoms with E-state index in [-0.39, 0.29) is 17.4 Å². The van der Waals surface area contributed by atoms with E-state index in [0.29, 0.717) is 0 Å². The summed E-state index contributed by atoms with van der Waals surface area (Å²) in [7, 11) is 0. The Balaban J connectivity index is 2.25. The maximum absolute atomic E-state index is 12.6. The third-order valence-corrected chi connectivity index (χ3v) is 3.92. The minimum Gasteiger partial charge on any atom is -0.336 e. The van der Waals surface area contributed by atoms with Crippen molar-refractivity contribution in [3.8, 4) is 0 Å². The Bertz CT molecular complexity index is 436. The van der Waals surface area contributed by atoms with Crippen LogP contribution in [-0.4, -0.2) is 28.9 Å². The van der Waals surface area contributed by atoms with Crippen molar-refractivity contribution in [3.05, 3.63) is 35.9 Å². The first-order valence-electron chi connectivity index (χ1n) is 7.03. The number of nitrogens with two attached hydrogens (primary N) is 1. The molecule has 1 aliphatic rings. The fraction of sp³-hybridized carbons (Fsp3) is 0.562. The molecular formula is C16H24N2O. The van der Waals surface area contributed by atoms with Crippen LogP contribution in [0.5, 0.6) is 0 Å². The zero-order chi connectivity index (χ0) is 14.0. The highest BCUT2D eigenvalue weighted by Gasteiger charge is 2.36. The van der Waals surface area contributed by atoms with Gasteiger partial charge < -0.3 is 10.6 Å². The van der Waals surface area contributed by atoms with Crippen LogP contribution in [0.4, 0.5) is 0 Å². The van der Waals surface area contributed by atoms with Crippen LogP contribution in [0.25, 0.3) is 0 Å². The highest BCUT2D eigenvalue weighted by atomic mass is 16.2. The summed E-state index contributed by atoms with van der Waals surface area (Å²) < 4.78 is 0. The lowest BCUT2D eigenvalue weighted by Crippen LogP contribution is -2.52. The van der Waals surface area contributed by atoms with Gasteiger partial charge in [0.2, 0.25) is 5.91 Å². The molecular weight excluding hydrogens is 236 g/mol. The topological polar surface area (TPSA) is 46.3 Å². The molecule has 3 nitrogen and oxygen atoms in total. The maximum atomic E-state index is 12.6. The van der Waals surface area contributed by atoms with Crippen LogP contribution in [0, 0.1) is 0 Å². The van der Waals surface area contributed by atoms with Crippen LogP contribution >= 0.6 is 0 Å². The van der Waals surface area contributed by atoms with Gasteiger partial charge in [-0.2, -0.15) is 0 Å². The van der Waals surface area contributed by atoms with Crippen molar-refractivity contribution in [3.63, 3.8) is 0 Å². The SMILES string of the molecule is CC(C)(C)N1CCC[C@H](c2ccccc2)[C@H](N)C1=O. The molecule has 0 unspecified atom stereocenters. The number of amides is 1. The number of benzene rings is 1. The number of rotatable bonds is 1. The zero-order valence-electron chi connectivity index (χ0n) is 12.1.